The van der Waals surface area contributed by atoms with E-state index in [4.69, 9.17) is 7.16 Å². The van der Waals surface area contributed by atoms with Gasteiger partial charge < -0.3 is 4.42 Å². The second-order valence-electron chi connectivity index (χ2n) is 10.8. The van der Waals surface area contributed by atoms with Gasteiger partial charge in [-0.15, -0.1) is 0 Å². The molecule has 43 heavy (non-hydrogen) atoms. The number of furan rings is 1. The van der Waals surface area contributed by atoms with Crippen LogP contribution >= 0.6 is 0 Å². The lowest BCUT2D eigenvalue weighted by molar-refractivity contribution is 0.672. The Morgan fingerprint density at radius 3 is 1.67 bits per heavy atom. The summed E-state index contributed by atoms with van der Waals surface area (Å²) in [5, 5.41) is 5.16. The maximum atomic E-state index is 9.74. The first-order valence-corrected chi connectivity index (χ1v) is 14.4. The van der Waals surface area contributed by atoms with Gasteiger partial charge in [-0.2, -0.15) is 0 Å². The van der Waals surface area contributed by atoms with Crippen molar-refractivity contribution in [3.05, 3.63) is 158 Å². The third-order valence-corrected chi connectivity index (χ3v) is 8.41. The standard InChI is InChI=1S/C42H26O/c1-2-12-27(13-3-1)30-14-4-5-16-32(30)41-35-19-8-6-17-33(35)40(34-18-7-9-20-36(34)41)29-23-22-28-24-25-37-31-15-10-11-21-39(31)43-42(37)38(28)26-29/h1-26H/i22D,23D,24D,25D,26D. The number of para-hydroxylation sites is 1. The third kappa shape index (κ3) is 3.65. The van der Waals surface area contributed by atoms with Crippen molar-refractivity contribution in [2.75, 3.05) is 0 Å². The first-order chi connectivity index (χ1) is 23.5. The van der Waals surface area contributed by atoms with E-state index >= 15 is 0 Å². The molecule has 0 bridgehead atoms. The molecule has 1 nitrogen and oxygen atoms in total. The molecule has 1 heteroatoms. The van der Waals surface area contributed by atoms with E-state index in [1.807, 2.05) is 78.9 Å². The van der Waals surface area contributed by atoms with Crippen molar-refractivity contribution < 1.29 is 11.3 Å². The van der Waals surface area contributed by atoms with Crippen LogP contribution in [-0.2, 0) is 0 Å². The van der Waals surface area contributed by atoms with Gasteiger partial charge in [-0.1, -0.05) is 139 Å². The summed E-state index contributed by atoms with van der Waals surface area (Å²) in [6.07, 6.45) is 0. The highest BCUT2D eigenvalue weighted by Gasteiger charge is 2.19. The number of fused-ring (bicyclic) bond motifs is 7. The van der Waals surface area contributed by atoms with E-state index in [0.29, 0.717) is 33.1 Å². The van der Waals surface area contributed by atoms with Crippen molar-refractivity contribution in [2.45, 2.75) is 0 Å². The molecule has 0 atom stereocenters. The molecule has 1 heterocycles. The molecule has 0 saturated carbocycles. The summed E-state index contributed by atoms with van der Waals surface area (Å²) in [7, 11) is 0. The molecule has 0 aliphatic carbocycles. The van der Waals surface area contributed by atoms with Gasteiger partial charge in [0.05, 0.1) is 6.85 Å². The van der Waals surface area contributed by atoms with Crippen LogP contribution in [0.15, 0.2) is 162 Å². The lowest BCUT2D eigenvalue weighted by atomic mass is 9.83. The first kappa shape index (κ1) is 19.5. The van der Waals surface area contributed by atoms with Crippen LogP contribution in [0.3, 0.4) is 0 Å². The normalized spacial score (nSPS) is 13.3. The molecule has 0 aliphatic rings. The zero-order valence-electron chi connectivity index (χ0n) is 28.0. The van der Waals surface area contributed by atoms with Crippen LogP contribution in [0.1, 0.15) is 6.85 Å². The minimum Gasteiger partial charge on any atom is -0.455 e. The molecule has 0 amide bonds. The Morgan fingerprint density at radius 2 is 0.953 bits per heavy atom. The fraction of sp³-hybridized carbons (Fsp3) is 0. The molecule has 200 valence electrons. The van der Waals surface area contributed by atoms with E-state index in [9.17, 15) is 4.11 Å². The summed E-state index contributed by atoms with van der Waals surface area (Å²) in [5.41, 5.74) is 6.19. The van der Waals surface area contributed by atoms with Gasteiger partial charge in [-0.05, 0) is 78.5 Å². The Kier molecular flexibility index (Phi) is 4.27. The fourth-order valence-corrected chi connectivity index (χ4v) is 6.52. The fourth-order valence-electron chi connectivity index (χ4n) is 6.52. The highest BCUT2D eigenvalue weighted by molar-refractivity contribution is 6.23. The average Bonchev–Trinajstić information content (AvgIpc) is 3.52. The molecule has 0 saturated heterocycles. The van der Waals surface area contributed by atoms with Gasteiger partial charge in [0.25, 0.3) is 0 Å². The van der Waals surface area contributed by atoms with Crippen molar-refractivity contribution in [1.29, 1.82) is 0 Å². The SMILES string of the molecule is [2H]c1c(-c2c3ccccc3c(-c3ccccc3-c3ccccc3)c3ccccc23)c([2H])c2c(c1[2H])c([2H])c([2H])c1c3ccccc3oc21. The van der Waals surface area contributed by atoms with E-state index in [2.05, 4.69) is 48.5 Å². The minimum atomic E-state index is -0.191. The summed E-state index contributed by atoms with van der Waals surface area (Å²) in [6.45, 7) is 0. The van der Waals surface area contributed by atoms with Crippen LogP contribution in [-0.4, -0.2) is 0 Å². The summed E-state index contributed by atoms with van der Waals surface area (Å²) in [4.78, 5) is 0. The number of hydrogen-bond donors (Lipinski definition) is 0. The zero-order chi connectivity index (χ0) is 32.7. The van der Waals surface area contributed by atoms with Gasteiger partial charge in [-0.25, -0.2) is 0 Å². The molecule has 9 rings (SSSR count). The molecule has 0 radical (unpaired) electrons. The van der Waals surface area contributed by atoms with Crippen LogP contribution in [0.2, 0.25) is 0 Å². The summed E-state index contributed by atoms with van der Waals surface area (Å²) >= 11 is 0. The highest BCUT2D eigenvalue weighted by atomic mass is 16.3. The summed E-state index contributed by atoms with van der Waals surface area (Å²) in [5.74, 6) is 0. The van der Waals surface area contributed by atoms with E-state index in [1.54, 1.807) is 0 Å². The van der Waals surface area contributed by atoms with Crippen molar-refractivity contribution >= 4 is 54.3 Å². The smallest absolute Gasteiger partial charge is 0.143 e. The molecular weight excluding hydrogens is 520 g/mol. The second kappa shape index (κ2) is 9.44. The predicted octanol–water partition coefficient (Wildman–Crippen LogP) is 12.0. The third-order valence-electron chi connectivity index (χ3n) is 8.41. The maximum Gasteiger partial charge on any atom is 0.143 e. The van der Waals surface area contributed by atoms with E-state index in [0.717, 1.165) is 43.8 Å². The van der Waals surface area contributed by atoms with Crippen molar-refractivity contribution in [2.24, 2.45) is 0 Å². The monoisotopic (exact) mass is 551 g/mol. The Morgan fingerprint density at radius 1 is 0.395 bits per heavy atom. The van der Waals surface area contributed by atoms with Crippen LogP contribution in [0.4, 0.5) is 0 Å². The van der Waals surface area contributed by atoms with Gasteiger partial charge in [-0.3, -0.25) is 0 Å². The van der Waals surface area contributed by atoms with Gasteiger partial charge in [0.15, 0.2) is 0 Å². The maximum absolute atomic E-state index is 9.74. The van der Waals surface area contributed by atoms with E-state index in [1.165, 1.54) is 0 Å². The molecule has 0 N–H and O–H groups in total. The first-order valence-electron chi connectivity index (χ1n) is 16.9. The molecule has 0 aliphatic heterocycles. The highest BCUT2D eigenvalue weighted by Crippen LogP contribution is 2.46. The predicted molar refractivity (Wildman–Crippen MR) is 183 cm³/mol. The lowest BCUT2D eigenvalue weighted by Crippen LogP contribution is -1.92. The van der Waals surface area contributed by atoms with E-state index < -0.39 is 0 Å². The summed E-state index contributed by atoms with van der Waals surface area (Å²) in [6, 6.07) is 41.7. The number of benzene rings is 8. The average molecular weight is 552 g/mol. The Balaban J connectivity index is 1.46. The Hall–Kier alpha value is -5.66. The van der Waals surface area contributed by atoms with Crippen molar-refractivity contribution in [1.82, 2.24) is 0 Å². The van der Waals surface area contributed by atoms with Gasteiger partial charge >= 0.3 is 0 Å². The molecule has 1 aromatic heterocycles. The summed E-state index contributed by atoms with van der Waals surface area (Å²) < 4.78 is 52.5. The number of hydrogen-bond acceptors (Lipinski definition) is 1. The van der Waals surface area contributed by atoms with Gasteiger partial charge in [0.2, 0.25) is 0 Å². The zero-order valence-corrected chi connectivity index (χ0v) is 23.0. The van der Waals surface area contributed by atoms with Crippen LogP contribution in [0.25, 0.3) is 87.6 Å². The molecule has 0 fully saturated rings. The second-order valence-corrected chi connectivity index (χ2v) is 10.8. The Labute approximate surface area is 256 Å². The minimum absolute atomic E-state index is 0.0105. The van der Waals surface area contributed by atoms with Crippen molar-refractivity contribution in [3.63, 3.8) is 0 Å². The molecule has 0 unspecified atom stereocenters. The quantitative estimate of drug-likeness (QED) is 0.199. The van der Waals surface area contributed by atoms with Crippen LogP contribution in [0, 0.1) is 0 Å². The van der Waals surface area contributed by atoms with Crippen LogP contribution < -0.4 is 0 Å². The molecule has 0 spiro atoms. The van der Waals surface area contributed by atoms with Crippen molar-refractivity contribution in [3.8, 4) is 33.4 Å². The van der Waals surface area contributed by atoms with Gasteiger partial charge in [0, 0.05) is 16.2 Å². The van der Waals surface area contributed by atoms with E-state index in [-0.39, 0.29) is 41.0 Å². The Bertz CT molecular complexity index is 2730. The topological polar surface area (TPSA) is 13.1 Å². The lowest BCUT2D eigenvalue weighted by Gasteiger charge is -2.20. The number of rotatable bonds is 3. The molecular formula is C42H26O. The van der Waals surface area contributed by atoms with Gasteiger partial charge in [0.1, 0.15) is 11.2 Å². The van der Waals surface area contributed by atoms with Crippen LogP contribution in [0.5, 0.6) is 0 Å². The molecule has 8 aromatic carbocycles. The largest absolute Gasteiger partial charge is 0.455 e. The molecule has 9 aromatic rings.